The zero-order valence-electron chi connectivity index (χ0n) is 79.3. The normalized spacial score (nSPS) is 13.4. The van der Waals surface area contributed by atoms with Crippen molar-refractivity contribution in [2.45, 2.75) is 26.7 Å². The Morgan fingerprint density at radius 2 is 0.449 bits per heavy atom. The van der Waals surface area contributed by atoms with Crippen LogP contribution in [0.25, 0.3) is 179 Å². The minimum Gasteiger partial charge on any atom is -0.425 e. The average molecular weight is 1900 g/mol. The number of hydrogen-bond acceptors (Lipinski definition) is 9. The lowest BCUT2D eigenvalue weighted by Gasteiger charge is -2.40. The first-order valence-corrected chi connectivity index (χ1v) is 50.6. The predicted octanol–water partition coefficient (Wildman–Crippen LogP) is 33.1. The summed E-state index contributed by atoms with van der Waals surface area (Å²) in [6.07, 6.45) is 0. The van der Waals surface area contributed by atoms with Crippen molar-refractivity contribution in [3.8, 4) is 169 Å². The predicted molar refractivity (Wildman–Crippen MR) is 592 cm³/mol. The summed E-state index contributed by atoms with van der Waals surface area (Å²) in [6.45, 7) is 0. The molecule has 21 aromatic carbocycles. The molecule has 0 N–H and O–H groups in total. The number of aromatic nitrogens is 9. The van der Waals surface area contributed by atoms with Crippen LogP contribution in [0.4, 0.5) is 0 Å². The highest BCUT2D eigenvalue weighted by Crippen LogP contribution is 2.65. The maximum Gasteiger partial charge on any atom is 0.304 e. The highest BCUT2D eigenvalue weighted by Gasteiger charge is 2.56. The van der Waals surface area contributed by atoms with Gasteiger partial charge in [0.25, 0.3) is 0 Å². The molecule has 0 unspecified atom stereocenters. The number of rotatable bonds is 10. The summed E-state index contributed by atoms with van der Waals surface area (Å²) in [5.74, 6) is 3.50. The molecule has 3 aliphatic heterocycles. The second kappa shape index (κ2) is 34.1. The van der Waals surface area contributed by atoms with E-state index in [1.54, 1.807) is 11.8 Å². The molecule has 0 bridgehead atoms. The van der Waals surface area contributed by atoms with E-state index in [2.05, 4.69) is 457 Å². The molecule has 7 heterocycles. The molecule has 3 aliphatic carbocycles. The molecular formula is C135H85N9O2S. The van der Waals surface area contributed by atoms with Gasteiger partial charge in [0.15, 0.2) is 22.6 Å². The zero-order valence-corrected chi connectivity index (χ0v) is 80.1. The van der Waals surface area contributed by atoms with Gasteiger partial charge in [0.1, 0.15) is 28.1 Å². The third kappa shape index (κ3) is 13.4. The van der Waals surface area contributed by atoms with E-state index in [4.69, 9.17) is 39.4 Å². The van der Waals surface area contributed by atoms with Crippen molar-refractivity contribution in [3.63, 3.8) is 0 Å². The Morgan fingerprint density at radius 1 is 0.170 bits per heavy atom. The number of nitrogens with zero attached hydrogens (tertiary/aromatic N) is 9. The maximum atomic E-state index is 6.82. The summed E-state index contributed by atoms with van der Waals surface area (Å²) < 4.78 is 20.6. The summed E-state index contributed by atoms with van der Waals surface area (Å²) in [5.41, 5.74) is 41.7. The number of fused-ring (bicyclic) bond motifs is 33. The molecule has 6 aliphatic rings. The van der Waals surface area contributed by atoms with Crippen molar-refractivity contribution in [2.75, 3.05) is 0 Å². The first-order valence-electron chi connectivity index (χ1n) is 49.8. The van der Waals surface area contributed by atoms with Crippen molar-refractivity contribution in [1.29, 1.82) is 0 Å². The molecule has 0 amide bonds. The van der Waals surface area contributed by atoms with Gasteiger partial charge in [0.2, 0.25) is 0 Å². The van der Waals surface area contributed by atoms with Crippen LogP contribution in [0.3, 0.4) is 0 Å². The summed E-state index contributed by atoms with van der Waals surface area (Å²) >= 11 is 1.78. The van der Waals surface area contributed by atoms with Gasteiger partial charge < -0.3 is 9.47 Å². The van der Waals surface area contributed by atoms with Crippen molar-refractivity contribution in [2.24, 2.45) is 0 Å². The van der Waals surface area contributed by atoms with E-state index in [1.807, 2.05) is 72.8 Å². The Kier molecular flexibility index (Phi) is 19.7. The smallest absolute Gasteiger partial charge is 0.304 e. The monoisotopic (exact) mass is 1900 g/mol. The number of imidazole rings is 3. The lowest BCUT2D eigenvalue weighted by molar-refractivity contribution is 0.339. The first kappa shape index (κ1) is 84.8. The van der Waals surface area contributed by atoms with Crippen LogP contribution in [0.2, 0.25) is 0 Å². The van der Waals surface area contributed by atoms with Gasteiger partial charge in [-0.2, -0.15) is 9.97 Å². The van der Waals surface area contributed by atoms with Crippen LogP contribution < -0.4 is 9.47 Å². The third-order valence-electron chi connectivity index (χ3n) is 30.2. The molecule has 0 fully saturated rings. The average Bonchev–Trinajstić information content (AvgIpc) is 1.52. The molecule has 0 saturated carbocycles. The van der Waals surface area contributed by atoms with E-state index in [1.165, 1.54) is 133 Å². The second-order valence-electron chi connectivity index (χ2n) is 38.2. The quantitative estimate of drug-likeness (QED) is 0.132. The molecule has 0 radical (unpaired) electrons. The van der Waals surface area contributed by atoms with Crippen LogP contribution >= 0.6 is 11.8 Å². The Bertz CT molecular complexity index is 8950. The fraction of sp³-hybridized carbons (Fsp3) is 0.0222. The Hall–Kier alpha value is -19.0. The zero-order chi connectivity index (χ0) is 96.8. The molecular weight excluding hydrogens is 1810 g/mol. The van der Waals surface area contributed by atoms with E-state index in [9.17, 15) is 0 Å². The topological polar surface area (TPSA) is 111 Å². The summed E-state index contributed by atoms with van der Waals surface area (Å²) in [4.78, 5) is 31.5. The van der Waals surface area contributed by atoms with Crippen LogP contribution in [0.15, 0.2) is 526 Å². The van der Waals surface area contributed by atoms with Crippen LogP contribution in [0, 0.1) is 0 Å². The molecule has 31 rings (SSSR count). The molecule has 25 aromatic rings. The van der Waals surface area contributed by atoms with Crippen LogP contribution in [-0.2, 0) is 16.6 Å². The second-order valence-corrected chi connectivity index (χ2v) is 39.2. The van der Waals surface area contributed by atoms with Gasteiger partial charge in [0.05, 0.1) is 33.1 Å². The van der Waals surface area contributed by atoms with E-state index in [0.29, 0.717) is 29.5 Å². The van der Waals surface area contributed by atoms with E-state index >= 15 is 0 Å². The highest BCUT2D eigenvalue weighted by molar-refractivity contribution is 7.99. The minimum absolute atomic E-state index is 0.529. The van der Waals surface area contributed by atoms with E-state index in [-0.39, 0.29) is 0 Å². The Balaban J connectivity index is 0.000000104. The Labute approximate surface area is 853 Å². The Morgan fingerprint density at radius 3 is 0.864 bits per heavy atom. The minimum atomic E-state index is -0.705. The van der Waals surface area contributed by atoms with Gasteiger partial charge in [-0.3, -0.25) is 13.7 Å². The lowest BCUT2D eigenvalue weighted by atomic mass is 9.78. The number of hydrogen-bond donors (Lipinski definition) is 0. The fourth-order valence-corrected chi connectivity index (χ4v) is 25.1. The van der Waals surface area contributed by atoms with Crippen molar-refractivity contribution in [3.05, 3.63) is 566 Å². The van der Waals surface area contributed by atoms with E-state index < -0.39 is 16.6 Å². The maximum absolute atomic E-state index is 6.82. The molecule has 0 atom stereocenters. The summed E-state index contributed by atoms with van der Waals surface area (Å²) in [7, 11) is 0. The van der Waals surface area contributed by atoms with Gasteiger partial charge in [-0.05, 0) is 248 Å². The molecule has 688 valence electrons. The fourth-order valence-electron chi connectivity index (χ4n) is 23.9. The van der Waals surface area contributed by atoms with Crippen molar-refractivity contribution < 1.29 is 9.47 Å². The largest absolute Gasteiger partial charge is 0.425 e. The summed E-state index contributed by atoms with van der Waals surface area (Å²) in [5, 5.41) is 1.02. The molecule has 3 spiro atoms. The number of ether oxygens (including phenoxy) is 2. The van der Waals surface area contributed by atoms with Gasteiger partial charge in [-0.15, -0.1) is 0 Å². The number of para-hydroxylation sites is 6. The van der Waals surface area contributed by atoms with Crippen LogP contribution in [0.1, 0.15) is 50.1 Å². The van der Waals surface area contributed by atoms with Crippen LogP contribution in [0.5, 0.6) is 23.5 Å². The van der Waals surface area contributed by atoms with Gasteiger partial charge in [-0.25, -0.2) is 19.9 Å². The summed E-state index contributed by atoms with van der Waals surface area (Å²) in [6, 6.07) is 185. The van der Waals surface area contributed by atoms with Gasteiger partial charge in [0, 0.05) is 38.3 Å². The van der Waals surface area contributed by atoms with Crippen molar-refractivity contribution in [1.82, 2.24) is 43.6 Å². The highest BCUT2D eigenvalue weighted by atomic mass is 32.2. The molecule has 11 nitrogen and oxygen atoms in total. The van der Waals surface area contributed by atoms with Crippen LogP contribution in [-0.4, -0.2) is 43.6 Å². The SMILES string of the molecule is c1ccc(-c2cc(-c3ccccc3)cc(-c3ccc4c(c3)Oc3nc5ccccc5n3C43c4ccccc4-c4ccccc43)c2)cc1.c1ccc(-c2cc(-c3ccccc3)cc(-c3ccc4c(c3)Sc3nc5ccccc5n3C43c4ccccc4-c4ccccc43)c2)cc1.c1ccc(-c2nc(-c3ccccc3)nc(-c3cccc(-c4ccc5c(c4)C4(c6ccccc6-c6ccccc64)n4c(nc6ccccc64)O5)c3)n2)cc1. The molecule has 0 saturated heterocycles. The first-order chi connectivity index (χ1) is 72.8. The van der Waals surface area contributed by atoms with Gasteiger partial charge >= 0.3 is 12.0 Å². The lowest BCUT2D eigenvalue weighted by Crippen LogP contribution is -2.38. The third-order valence-corrected chi connectivity index (χ3v) is 31.2. The molecule has 147 heavy (non-hydrogen) atoms. The standard InChI is InChI=1S/C47H29N5O.C44H28N2O.C44H28N2S/c1-3-14-30(15-4-1)43-49-44(31-16-5-2-6-17-31)51-45(50-43)34-19-13-18-32(28-34)33-26-27-42-39(29-33)47(52-41-25-12-11-24-40(41)48-46(52)53-42)37-22-9-7-20-35(37)36-21-8-10-23-38(36)47;2*1-3-13-29(14-4-1)32-25-33(30-15-5-2-6-16-30)27-34(26-32)31-23-24-39-42(28-31)47-43-45-40-21-11-12-22-41(40)46(43)44(39)37-19-9-7-17-35(37)36-18-8-10-20-38(36)44/h1-29H;2*1-28H. The van der Waals surface area contributed by atoms with E-state index in [0.717, 1.165) is 99.8 Å². The van der Waals surface area contributed by atoms with Crippen molar-refractivity contribution >= 4 is 44.9 Å². The van der Waals surface area contributed by atoms with Gasteiger partial charge in [-0.1, -0.05) is 424 Å². The molecule has 12 heteroatoms. The molecule has 4 aromatic heterocycles. The number of benzene rings is 21.